The van der Waals surface area contributed by atoms with Crippen LogP contribution in [0.1, 0.15) is 15.9 Å². The monoisotopic (exact) mass is 323 g/mol. The van der Waals surface area contributed by atoms with Crippen LogP contribution in [0.25, 0.3) is 22.3 Å². The van der Waals surface area contributed by atoms with Crippen molar-refractivity contribution in [1.29, 1.82) is 0 Å². The molecular weight excluding hydrogens is 312 g/mol. The van der Waals surface area contributed by atoms with E-state index in [0.29, 0.717) is 17.7 Å². The van der Waals surface area contributed by atoms with Gasteiger partial charge in [0.2, 0.25) is 0 Å². The number of aromatic nitrogens is 2. The summed E-state index contributed by atoms with van der Waals surface area (Å²) < 4.78 is 27.3. The molecule has 118 valence electrons. The Hall–Kier alpha value is -3.15. The molecule has 0 aliphatic carbocycles. The molecule has 3 aromatic rings. The normalized spacial score (nSPS) is 12.8. The van der Waals surface area contributed by atoms with Gasteiger partial charge in [-0.2, -0.15) is 0 Å². The van der Waals surface area contributed by atoms with Gasteiger partial charge in [-0.25, -0.2) is 18.7 Å². The zero-order valence-electron chi connectivity index (χ0n) is 12.4. The summed E-state index contributed by atoms with van der Waals surface area (Å²) in [7, 11) is 0. The molecule has 0 bridgehead atoms. The van der Waals surface area contributed by atoms with Gasteiger partial charge < -0.3 is 5.32 Å². The van der Waals surface area contributed by atoms with E-state index in [1.165, 1.54) is 18.5 Å². The van der Waals surface area contributed by atoms with Gasteiger partial charge in [0, 0.05) is 41.7 Å². The largest absolute Gasteiger partial charge is 0.348 e. The Bertz CT molecular complexity index is 958. The van der Waals surface area contributed by atoms with Crippen LogP contribution < -0.4 is 5.32 Å². The predicted molar refractivity (Wildman–Crippen MR) is 84.0 cm³/mol. The molecule has 0 spiro atoms. The van der Waals surface area contributed by atoms with Crippen LogP contribution >= 0.6 is 0 Å². The van der Waals surface area contributed by atoms with Crippen LogP contribution in [-0.2, 0) is 6.54 Å². The third kappa shape index (κ3) is 2.32. The Kier molecular flexibility index (Phi) is 3.30. The van der Waals surface area contributed by atoms with Gasteiger partial charge in [-0.3, -0.25) is 4.79 Å². The van der Waals surface area contributed by atoms with Crippen molar-refractivity contribution >= 4 is 5.91 Å². The van der Waals surface area contributed by atoms with Gasteiger partial charge in [0.05, 0.1) is 0 Å². The summed E-state index contributed by atoms with van der Waals surface area (Å²) >= 11 is 0. The van der Waals surface area contributed by atoms with Gasteiger partial charge in [0.1, 0.15) is 18.0 Å². The number of carbonyl (C=O) groups is 1. The second kappa shape index (κ2) is 5.49. The molecule has 4 nitrogen and oxygen atoms in total. The van der Waals surface area contributed by atoms with Gasteiger partial charge in [-0.15, -0.1) is 0 Å². The second-order valence-electron chi connectivity index (χ2n) is 5.48. The van der Waals surface area contributed by atoms with Crippen molar-refractivity contribution < 1.29 is 13.6 Å². The Morgan fingerprint density at radius 3 is 2.42 bits per heavy atom. The molecule has 1 aliphatic heterocycles. The molecule has 0 saturated carbocycles. The van der Waals surface area contributed by atoms with Gasteiger partial charge in [-0.05, 0) is 41.0 Å². The lowest BCUT2D eigenvalue weighted by molar-refractivity contribution is 0.0966. The molecule has 24 heavy (non-hydrogen) atoms. The molecule has 0 atom stereocenters. The third-order valence-corrected chi connectivity index (χ3v) is 4.03. The van der Waals surface area contributed by atoms with Gasteiger partial charge >= 0.3 is 0 Å². The molecule has 1 amide bonds. The molecular formula is C18H11F2N3O. The van der Waals surface area contributed by atoms with Crippen LogP contribution in [0.4, 0.5) is 8.78 Å². The first kappa shape index (κ1) is 14.4. The summed E-state index contributed by atoms with van der Waals surface area (Å²) in [4.78, 5) is 20.1. The number of hydrogen-bond donors (Lipinski definition) is 1. The maximum atomic E-state index is 14.2. The number of benzene rings is 2. The fourth-order valence-corrected chi connectivity index (χ4v) is 2.90. The van der Waals surface area contributed by atoms with Crippen molar-refractivity contribution in [2.24, 2.45) is 0 Å². The molecule has 1 N–H and O–H groups in total. The molecule has 1 aromatic heterocycles. The van der Waals surface area contributed by atoms with E-state index >= 15 is 0 Å². The van der Waals surface area contributed by atoms with E-state index in [1.807, 2.05) is 0 Å². The quantitative estimate of drug-likeness (QED) is 0.787. The third-order valence-electron chi connectivity index (χ3n) is 4.03. The number of hydrogen-bond acceptors (Lipinski definition) is 3. The van der Waals surface area contributed by atoms with Crippen LogP contribution in [0.5, 0.6) is 0 Å². The summed E-state index contributed by atoms with van der Waals surface area (Å²) in [5, 5.41) is 2.76. The van der Waals surface area contributed by atoms with E-state index in [0.717, 1.165) is 22.8 Å². The van der Waals surface area contributed by atoms with E-state index < -0.39 is 11.6 Å². The van der Waals surface area contributed by atoms with Crippen molar-refractivity contribution in [1.82, 2.24) is 15.3 Å². The highest BCUT2D eigenvalue weighted by Gasteiger charge is 2.24. The average molecular weight is 323 g/mol. The molecule has 0 unspecified atom stereocenters. The summed E-state index contributed by atoms with van der Waals surface area (Å²) in [6.45, 7) is 0.393. The molecule has 0 radical (unpaired) electrons. The summed E-state index contributed by atoms with van der Waals surface area (Å²) in [5.74, 6) is -1.54. The zero-order valence-corrected chi connectivity index (χ0v) is 12.4. The van der Waals surface area contributed by atoms with Crippen molar-refractivity contribution in [2.45, 2.75) is 6.54 Å². The predicted octanol–water partition coefficient (Wildman–Crippen LogP) is 3.33. The Morgan fingerprint density at radius 2 is 1.67 bits per heavy atom. The van der Waals surface area contributed by atoms with Crippen LogP contribution in [-0.4, -0.2) is 15.9 Å². The van der Waals surface area contributed by atoms with Gasteiger partial charge in [-0.1, -0.05) is 0 Å². The van der Waals surface area contributed by atoms with Crippen LogP contribution in [0.15, 0.2) is 49.1 Å². The highest BCUT2D eigenvalue weighted by atomic mass is 19.1. The minimum atomic E-state index is -0.677. The summed E-state index contributed by atoms with van der Waals surface area (Å²) in [6.07, 6.45) is 4.68. The lowest BCUT2D eigenvalue weighted by Gasteiger charge is -2.11. The molecule has 1 aliphatic rings. The second-order valence-corrected chi connectivity index (χ2v) is 5.48. The molecule has 4 rings (SSSR count). The number of nitrogens with one attached hydrogen (secondary N) is 1. The van der Waals surface area contributed by atoms with E-state index in [1.54, 1.807) is 24.5 Å². The minimum absolute atomic E-state index is 0.215. The number of halogens is 2. The van der Waals surface area contributed by atoms with Crippen LogP contribution in [0, 0.1) is 11.6 Å². The lowest BCUT2D eigenvalue weighted by atomic mass is 9.92. The lowest BCUT2D eigenvalue weighted by Crippen LogP contribution is -2.12. The average Bonchev–Trinajstić information content (AvgIpc) is 2.96. The zero-order chi connectivity index (χ0) is 16.7. The Balaban J connectivity index is 1.97. The first-order chi connectivity index (χ1) is 11.6. The van der Waals surface area contributed by atoms with E-state index in [4.69, 9.17) is 0 Å². The van der Waals surface area contributed by atoms with Crippen molar-refractivity contribution in [3.63, 3.8) is 0 Å². The summed E-state index contributed by atoms with van der Waals surface area (Å²) in [5.41, 5.74) is 3.52. The van der Waals surface area contributed by atoms with Crippen LogP contribution in [0.3, 0.4) is 0 Å². The number of amides is 1. The van der Waals surface area contributed by atoms with Crippen LogP contribution in [0.2, 0.25) is 0 Å². The highest BCUT2D eigenvalue weighted by Crippen LogP contribution is 2.35. The molecule has 0 fully saturated rings. The van der Waals surface area contributed by atoms with Crippen molar-refractivity contribution in [3.05, 3.63) is 71.8 Å². The SMILES string of the molecule is O=C1NCc2c1cc(-c1ccc(F)cc1F)cc2-c1cncnc1. The minimum Gasteiger partial charge on any atom is -0.348 e. The van der Waals surface area contributed by atoms with Crippen molar-refractivity contribution in [3.8, 4) is 22.3 Å². The first-order valence-electron chi connectivity index (χ1n) is 7.29. The highest BCUT2D eigenvalue weighted by molar-refractivity contribution is 6.02. The fraction of sp³-hybridized carbons (Fsp3) is 0.0556. The Morgan fingerprint density at radius 1 is 0.917 bits per heavy atom. The maximum Gasteiger partial charge on any atom is 0.251 e. The van der Waals surface area contributed by atoms with E-state index in [2.05, 4.69) is 15.3 Å². The number of carbonyl (C=O) groups excluding carboxylic acids is 1. The van der Waals surface area contributed by atoms with E-state index in [9.17, 15) is 13.6 Å². The molecule has 2 heterocycles. The standard InChI is InChI=1S/C18H11F2N3O/c19-12-1-2-13(17(20)5-12)10-3-14(11-6-21-9-22-7-11)16-8-23-18(24)15(16)4-10/h1-7,9H,8H2,(H,23,24). The summed E-state index contributed by atoms with van der Waals surface area (Å²) in [6, 6.07) is 6.78. The fourth-order valence-electron chi connectivity index (χ4n) is 2.90. The molecule has 6 heteroatoms. The number of rotatable bonds is 2. The molecule has 0 saturated heterocycles. The van der Waals surface area contributed by atoms with Gasteiger partial charge in [0.15, 0.2) is 0 Å². The van der Waals surface area contributed by atoms with Gasteiger partial charge in [0.25, 0.3) is 5.91 Å². The molecule has 2 aromatic carbocycles. The Labute approximate surface area is 136 Å². The first-order valence-corrected chi connectivity index (χ1v) is 7.29. The number of fused-ring (bicyclic) bond motifs is 1. The number of nitrogens with zero attached hydrogens (tertiary/aromatic N) is 2. The maximum absolute atomic E-state index is 14.2. The topological polar surface area (TPSA) is 54.9 Å². The van der Waals surface area contributed by atoms with Crippen molar-refractivity contribution in [2.75, 3.05) is 0 Å². The smallest absolute Gasteiger partial charge is 0.251 e. The van der Waals surface area contributed by atoms with E-state index in [-0.39, 0.29) is 11.5 Å².